The molecule has 2 heterocycles. The molecule has 2 aromatic rings. The maximum absolute atomic E-state index is 6.12. The van der Waals surface area contributed by atoms with E-state index in [1.165, 1.54) is 0 Å². The maximum atomic E-state index is 6.12. The number of anilines is 1. The van der Waals surface area contributed by atoms with E-state index in [1.807, 2.05) is 39.0 Å². The predicted octanol–water partition coefficient (Wildman–Crippen LogP) is 3.35. The Morgan fingerprint density at radius 3 is 2.89 bits per heavy atom. The zero-order valence-electron chi connectivity index (χ0n) is 17.0. The molecule has 152 valence electrons. The molecular formula is C20H29ClN6O. The van der Waals surface area contributed by atoms with Crippen LogP contribution in [-0.2, 0) is 12.0 Å². The van der Waals surface area contributed by atoms with Crippen molar-refractivity contribution in [3.05, 3.63) is 41.0 Å². The number of guanidine groups is 1. The van der Waals surface area contributed by atoms with Gasteiger partial charge < -0.3 is 20.1 Å². The third-order valence-corrected chi connectivity index (χ3v) is 4.77. The second kappa shape index (κ2) is 8.82. The molecule has 7 nitrogen and oxygen atoms in total. The lowest BCUT2D eigenvalue weighted by Crippen LogP contribution is -2.44. The first-order chi connectivity index (χ1) is 13.3. The zero-order valence-corrected chi connectivity index (χ0v) is 17.8. The summed E-state index contributed by atoms with van der Waals surface area (Å²) >= 11 is 6.12. The number of nitrogens with zero attached hydrogens (tertiary/aromatic N) is 4. The highest BCUT2D eigenvalue weighted by atomic mass is 35.5. The summed E-state index contributed by atoms with van der Waals surface area (Å²) in [4.78, 5) is 11.4. The highest BCUT2D eigenvalue weighted by Crippen LogP contribution is 2.23. The third kappa shape index (κ3) is 5.38. The molecular weight excluding hydrogens is 376 g/mol. The summed E-state index contributed by atoms with van der Waals surface area (Å²) in [5, 5.41) is 11.6. The third-order valence-electron chi connectivity index (χ3n) is 4.53. The van der Waals surface area contributed by atoms with Gasteiger partial charge in [0.05, 0.1) is 0 Å². The summed E-state index contributed by atoms with van der Waals surface area (Å²) in [7, 11) is 0. The summed E-state index contributed by atoms with van der Waals surface area (Å²) < 4.78 is 5.34. The Labute approximate surface area is 171 Å². The zero-order chi connectivity index (χ0) is 20.1. The van der Waals surface area contributed by atoms with E-state index in [0.717, 1.165) is 42.7 Å². The largest absolute Gasteiger partial charge is 0.369 e. The van der Waals surface area contributed by atoms with Gasteiger partial charge in [-0.1, -0.05) is 43.6 Å². The van der Waals surface area contributed by atoms with Crippen molar-refractivity contribution in [2.45, 2.75) is 52.1 Å². The molecule has 0 bridgehead atoms. The highest BCUT2D eigenvalue weighted by Gasteiger charge is 2.24. The molecule has 1 unspecified atom stereocenters. The van der Waals surface area contributed by atoms with Crippen LogP contribution in [0.4, 0.5) is 5.69 Å². The lowest BCUT2D eigenvalue weighted by atomic mass is 9.97. The van der Waals surface area contributed by atoms with Gasteiger partial charge in [0.1, 0.15) is 6.54 Å². The molecule has 1 aliphatic rings. The van der Waals surface area contributed by atoms with E-state index < -0.39 is 0 Å². The minimum atomic E-state index is -0.161. The van der Waals surface area contributed by atoms with Crippen molar-refractivity contribution in [3.63, 3.8) is 0 Å². The van der Waals surface area contributed by atoms with Gasteiger partial charge in [-0.3, -0.25) is 0 Å². The van der Waals surface area contributed by atoms with Crippen LogP contribution >= 0.6 is 11.6 Å². The predicted molar refractivity (Wildman–Crippen MR) is 113 cm³/mol. The SMILES string of the molecule is CCNC(=NCc1noc(C(C)(C)C)n1)NC1CCN(c2cccc(Cl)c2)C1. The van der Waals surface area contributed by atoms with E-state index in [-0.39, 0.29) is 5.41 Å². The Hall–Kier alpha value is -2.28. The Morgan fingerprint density at radius 2 is 2.21 bits per heavy atom. The van der Waals surface area contributed by atoms with Gasteiger partial charge in [0, 0.05) is 41.8 Å². The van der Waals surface area contributed by atoms with Gasteiger partial charge in [0.25, 0.3) is 0 Å². The van der Waals surface area contributed by atoms with Crippen molar-refractivity contribution < 1.29 is 4.52 Å². The summed E-state index contributed by atoms with van der Waals surface area (Å²) in [5.41, 5.74) is 0.992. The van der Waals surface area contributed by atoms with Crippen LogP contribution in [0.2, 0.25) is 5.02 Å². The number of hydrogen-bond donors (Lipinski definition) is 2. The second-order valence-corrected chi connectivity index (χ2v) is 8.45. The molecule has 3 rings (SSSR count). The van der Waals surface area contributed by atoms with Crippen LogP contribution in [0, 0.1) is 0 Å². The summed E-state index contributed by atoms with van der Waals surface area (Å²) in [5.74, 6) is 1.99. The van der Waals surface area contributed by atoms with Crippen LogP contribution < -0.4 is 15.5 Å². The van der Waals surface area contributed by atoms with Crippen molar-refractivity contribution in [1.82, 2.24) is 20.8 Å². The molecule has 0 aliphatic carbocycles. The molecule has 1 aromatic carbocycles. The first kappa shape index (κ1) is 20.5. The van der Waals surface area contributed by atoms with E-state index in [2.05, 4.69) is 43.7 Å². The van der Waals surface area contributed by atoms with Gasteiger partial charge in [-0.25, -0.2) is 4.99 Å². The van der Waals surface area contributed by atoms with Crippen molar-refractivity contribution in [3.8, 4) is 0 Å². The van der Waals surface area contributed by atoms with Gasteiger partial charge in [-0.15, -0.1) is 0 Å². The molecule has 1 aliphatic heterocycles. The minimum absolute atomic E-state index is 0.161. The molecule has 0 saturated carbocycles. The van der Waals surface area contributed by atoms with E-state index in [1.54, 1.807) is 0 Å². The van der Waals surface area contributed by atoms with Gasteiger partial charge in [0.15, 0.2) is 11.8 Å². The molecule has 28 heavy (non-hydrogen) atoms. The number of nitrogens with one attached hydrogen (secondary N) is 2. The first-order valence-electron chi connectivity index (χ1n) is 9.73. The monoisotopic (exact) mass is 404 g/mol. The molecule has 1 aromatic heterocycles. The summed E-state index contributed by atoms with van der Waals surface area (Å²) in [6, 6.07) is 8.30. The van der Waals surface area contributed by atoms with Gasteiger partial charge in [-0.05, 0) is 31.5 Å². The molecule has 0 radical (unpaired) electrons. The van der Waals surface area contributed by atoms with Crippen LogP contribution in [0.1, 0.15) is 45.8 Å². The molecule has 0 amide bonds. The normalized spacial score (nSPS) is 17.8. The van der Waals surface area contributed by atoms with Crippen LogP contribution in [0.25, 0.3) is 0 Å². The van der Waals surface area contributed by atoms with E-state index in [9.17, 15) is 0 Å². The molecule has 1 atom stereocenters. The first-order valence-corrected chi connectivity index (χ1v) is 10.1. The van der Waals surface area contributed by atoms with Crippen molar-refractivity contribution >= 4 is 23.2 Å². The molecule has 0 spiro atoms. The van der Waals surface area contributed by atoms with E-state index >= 15 is 0 Å². The van der Waals surface area contributed by atoms with Crippen LogP contribution in [0.15, 0.2) is 33.8 Å². The summed E-state index contributed by atoms with van der Waals surface area (Å²) in [6.07, 6.45) is 1.04. The van der Waals surface area contributed by atoms with Crippen LogP contribution in [0.5, 0.6) is 0 Å². The Morgan fingerprint density at radius 1 is 1.39 bits per heavy atom. The van der Waals surface area contributed by atoms with E-state index in [4.69, 9.17) is 16.1 Å². The fourth-order valence-electron chi connectivity index (χ4n) is 3.07. The lowest BCUT2D eigenvalue weighted by molar-refractivity contribution is 0.318. The number of hydrogen-bond acceptors (Lipinski definition) is 5. The number of aromatic nitrogens is 2. The van der Waals surface area contributed by atoms with Gasteiger partial charge in [0.2, 0.25) is 5.89 Å². The number of halogens is 1. The smallest absolute Gasteiger partial charge is 0.232 e. The molecule has 2 N–H and O–H groups in total. The van der Waals surface area contributed by atoms with Crippen LogP contribution in [-0.4, -0.2) is 41.8 Å². The molecule has 8 heteroatoms. The van der Waals surface area contributed by atoms with Gasteiger partial charge >= 0.3 is 0 Å². The number of rotatable bonds is 5. The molecule has 1 saturated heterocycles. The number of aliphatic imine (C=N–C) groups is 1. The van der Waals surface area contributed by atoms with Crippen molar-refractivity contribution in [2.75, 3.05) is 24.5 Å². The van der Waals surface area contributed by atoms with Crippen LogP contribution in [0.3, 0.4) is 0 Å². The Balaban J connectivity index is 1.60. The van der Waals surface area contributed by atoms with Crippen molar-refractivity contribution in [2.24, 2.45) is 4.99 Å². The number of benzene rings is 1. The fraction of sp³-hybridized carbons (Fsp3) is 0.550. The minimum Gasteiger partial charge on any atom is -0.369 e. The highest BCUT2D eigenvalue weighted by molar-refractivity contribution is 6.30. The van der Waals surface area contributed by atoms with E-state index in [0.29, 0.717) is 24.3 Å². The maximum Gasteiger partial charge on any atom is 0.232 e. The lowest BCUT2D eigenvalue weighted by Gasteiger charge is -2.20. The quantitative estimate of drug-likeness (QED) is 0.587. The standard InChI is InChI=1S/C20H29ClN6O/c1-5-22-19(23-12-17-25-18(28-26-17)20(2,3)4)24-15-9-10-27(13-15)16-8-6-7-14(21)11-16/h6-8,11,15H,5,9-10,12-13H2,1-4H3,(H2,22,23,24). The Bertz CT molecular complexity index is 813. The average Bonchev–Trinajstić information content (AvgIpc) is 3.29. The fourth-order valence-corrected chi connectivity index (χ4v) is 3.26. The Kier molecular flexibility index (Phi) is 6.44. The molecule has 1 fully saturated rings. The van der Waals surface area contributed by atoms with Gasteiger partial charge in [-0.2, -0.15) is 4.98 Å². The summed E-state index contributed by atoms with van der Waals surface area (Å²) in [6.45, 7) is 11.2. The second-order valence-electron chi connectivity index (χ2n) is 8.02. The topological polar surface area (TPSA) is 78.6 Å². The van der Waals surface area contributed by atoms with Crippen molar-refractivity contribution in [1.29, 1.82) is 0 Å². The average molecular weight is 405 g/mol.